The van der Waals surface area contributed by atoms with Crippen molar-refractivity contribution in [3.05, 3.63) is 54.6 Å². The molecule has 0 atom stereocenters. The fourth-order valence-electron chi connectivity index (χ4n) is 2.04. The fraction of sp³-hybridized carbons (Fsp3) is 0. The molecule has 0 fully saturated rings. The highest BCUT2D eigenvalue weighted by atomic mass is 16.3. The molecular formula is C14H10O. The Morgan fingerprint density at radius 2 is 1.40 bits per heavy atom. The quantitative estimate of drug-likeness (QED) is 0.541. The molecule has 0 saturated carbocycles. The number of hydrogen-bond acceptors (Lipinski definition) is 1. The zero-order chi connectivity index (χ0) is 10.3. The Bertz CT molecular complexity index is 641. The van der Waals surface area contributed by atoms with Crippen LogP contribution in [0.2, 0.25) is 0 Å². The van der Waals surface area contributed by atoms with Crippen molar-refractivity contribution in [3.8, 4) is 5.75 Å². The van der Waals surface area contributed by atoms with E-state index in [-0.39, 0.29) is 0 Å². The number of aromatic hydroxyl groups is 1. The van der Waals surface area contributed by atoms with Gasteiger partial charge in [-0.3, -0.25) is 0 Å². The van der Waals surface area contributed by atoms with Gasteiger partial charge in [-0.25, -0.2) is 0 Å². The summed E-state index contributed by atoms with van der Waals surface area (Å²) in [4.78, 5) is 0. The number of fused-ring (bicyclic) bond motifs is 3. The lowest BCUT2D eigenvalue weighted by Crippen LogP contribution is -1.77. The minimum Gasteiger partial charge on any atom is -0.507 e. The van der Waals surface area contributed by atoms with E-state index in [1.165, 1.54) is 0 Å². The lowest BCUT2D eigenvalue weighted by molar-refractivity contribution is 0.482. The van der Waals surface area contributed by atoms with Crippen LogP contribution >= 0.6 is 0 Å². The van der Waals surface area contributed by atoms with Gasteiger partial charge in [0.05, 0.1) is 0 Å². The van der Waals surface area contributed by atoms with Crippen molar-refractivity contribution in [2.45, 2.75) is 0 Å². The van der Waals surface area contributed by atoms with Crippen LogP contribution in [0.3, 0.4) is 0 Å². The van der Waals surface area contributed by atoms with Crippen molar-refractivity contribution in [3.63, 3.8) is 0 Å². The predicted octanol–water partition coefficient (Wildman–Crippen LogP) is 3.70. The Kier molecular flexibility index (Phi) is 1.65. The van der Waals surface area contributed by atoms with E-state index in [9.17, 15) is 5.11 Å². The Balaban J connectivity index is 2.64. The molecule has 0 aromatic heterocycles. The zero-order valence-corrected chi connectivity index (χ0v) is 8.14. The van der Waals surface area contributed by atoms with Crippen LogP contribution in [0.4, 0.5) is 0 Å². The SMILES string of the molecule is Oc1cccc2ccc3ccccc3c12. The Hall–Kier alpha value is -2.02. The molecule has 0 heterocycles. The second kappa shape index (κ2) is 2.99. The summed E-state index contributed by atoms with van der Waals surface area (Å²) >= 11 is 0. The first kappa shape index (κ1) is 8.30. The normalized spacial score (nSPS) is 10.9. The Morgan fingerprint density at radius 3 is 2.33 bits per heavy atom. The minimum absolute atomic E-state index is 0.351. The first-order valence-corrected chi connectivity index (χ1v) is 4.96. The van der Waals surface area contributed by atoms with Gasteiger partial charge < -0.3 is 5.11 Å². The summed E-state index contributed by atoms with van der Waals surface area (Å²) in [6.45, 7) is 0. The van der Waals surface area contributed by atoms with Gasteiger partial charge in [-0.2, -0.15) is 0 Å². The fourth-order valence-corrected chi connectivity index (χ4v) is 2.04. The highest BCUT2D eigenvalue weighted by Crippen LogP contribution is 2.31. The van der Waals surface area contributed by atoms with Crippen LogP contribution in [0.15, 0.2) is 54.6 Å². The summed E-state index contributed by atoms with van der Waals surface area (Å²) in [7, 11) is 0. The van der Waals surface area contributed by atoms with Gasteiger partial charge in [0.1, 0.15) is 5.75 Å². The van der Waals surface area contributed by atoms with Gasteiger partial charge in [-0.15, -0.1) is 0 Å². The molecule has 15 heavy (non-hydrogen) atoms. The van der Waals surface area contributed by atoms with Crippen LogP contribution in [-0.2, 0) is 0 Å². The maximum absolute atomic E-state index is 9.87. The molecule has 72 valence electrons. The summed E-state index contributed by atoms with van der Waals surface area (Å²) in [5.74, 6) is 0.351. The van der Waals surface area contributed by atoms with Gasteiger partial charge in [-0.1, -0.05) is 48.5 Å². The Labute approximate surface area is 87.6 Å². The van der Waals surface area contributed by atoms with E-state index in [0.717, 1.165) is 21.5 Å². The number of hydrogen-bond donors (Lipinski definition) is 1. The van der Waals surface area contributed by atoms with Crippen molar-refractivity contribution in [2.75, 3.05) is 0 Å². The van der Waals surface area contributed by atoms with Gasteiger partial charge >= 0.3 is 0 Å². The molecular weight excluding hydrogens is 184 g/mol. The van der Waals surface area contributed by atoms with Crippen molar-refractivity contribution >= 4 is 21.5 Å². The summed E-state index contributed by atoms with van der Waals surface area (Å²) in [6, 6.07) is 17.8. The standard InChI is InChI=1S/C14H10O/c15-13-7-3-5-11-9-8-10-4-1-2-6-12(10)14(11)13/h1-9,15H. The average molecular weight is 194 g/mol. The third-order valence-corrected chi connectivity index (χ3v) is 2.75. The molecule has 0 aliphatic carbocycles. The summed E-state index contributed by atoms with van der Waals surface area (Å²) in [6.07, 6.45) is 0. The van der Waals surface area contributed by atoms with Crippen LogP contribution in [0, 0.1) is 0 Å². The maximum Gasteiger partial charge on any atom is 0.124 e. The highest BCUT2D eigenvalue weighted by molar-refractivity contribution is 6.10. The van der Waals surface area contributed by atoms with E-state index in [2.05, 4.69) is 12.1 Å². The van der Waals surface area contributed by atoms with Crippen LogP contribution in [0.5, 0.6) is 5.75 Å². The first-order valence-electron chi connectivity index (χ1n) is 4.96. The average Bonchev–Trinajstić information content (AvgIpc) is 2.29. The van der Waals surface area contributed by atoms with Crippen LogP contribution in [-0.4, -0.2) is 5.11 Å². The summed E-state index contributed by atoms with van der Waals surface area (Å²) < 4.78 is 0. The number of phenols is 1. The van der Waals surface area contributed by atoms with Crippen molar-refractivity contribution < 1.29 is 5.11 Å². The third kappa shape index (κ3) is 1.17. The van der Waals surface area contributed by atoms with E-state index in [4.69, 9.17) is 0 Å². The van der Waals surface area contributed by atoms with Gasteiger partial charge in [0, 0.05) is 5.39 Å². The van der Waals surface area contributed by atoms with Gasteiger partial charge in [0.15, 0.2) is 0 Å². The molecule has 0 aliphatic rings. The number of phenolic OH excluding ortho intramolecular Hbond substituents is 1. The lowest BCUT2D eigenvalue weighted by Gasteiger charge is -2.05. The summed E-state index contributed by atoms with van der Waals surface area (Å²) in [5, 5.41) is 14.2. The first-order chi connectivity index (χ1) is 7.36. The van der Waals surface area contributed by atoms with Crippen LogP contribution in [0.1, 0.15) is 0 Å². The monoisotopic (exact) mass is 194 g/mol. The molecule has 1 heteroatoms. The van der Waals surface area contributed by atoms with Gasteiger partial charge in [0.25, 0.3) is 0 Å². The van der Waals surface area contributed by atoms with Crippen molar-refractivity contribution in [2.24, 2.45) is 0 Å². The maximum atomic E-state index is 9.87. The molecule has 0 radical (unpaired) electrons. The van der Waals surface area contributed by atoms with Crippen molar-refractivity contribution in [1.82, 2.24) is 0 Å². The van der Waals surface area contributed by atoms with Gasteiger partial charge in [0.2, 0.25) is 0 Å². The van der Waals surface area contributed by atoms with E-state index < -0.39 is 0 Å². The Morgan fingerprint density at radius 1 is 0.667 bits per heavy atom. The van der Waals surface area contributed by atoms with E-state index in [1.54, 1.807) is 6.07 Å². The zero-order valence-electron chi connectivity index (χ0n) is 8.14. The predicted molar refractivity (Wildman–Crippen MR) is 63.1 cm³/mol. The minimum atomic E-state index is 0.351. The highest BCUT2D eigenvalue weighted by Gasteiger charge is 2.03. The van der Waals surface area contributed by atoms with Gasteiger partial charge in [-0.05, 0) is 22.2 Å². The third-order valence-electron chi connectivity index (χ3n) is 2.75. The van der Waals surface area contributed by atoms with Crippen LogP contribution in [0.25, 0.3) is 21.5 Å². The van der Waals surface area contributed by atoms with E-state index >= 15 is 0 Å². The molecule has 3 rings (SSSR count). The number of rotatable bonds is 0. The molecule has 3 aromatic rings. The van der Waals surface area contributed by atoms with Crippen LogP contribution < -0.4 is 0 Å². The largest absolute Gasteiger partial charge is 0.507 e. The molecule has 0 aliphatic heterocycles. The molecule has 1 N–H and O–H groups in total. The topological polar surface area (TPSA) is 20.2 Å². The molecule has 3 aromatic carbocycles. The smallest absolute Gasteiger partial charge is 0.124 e. The molecule has 0 unspecified atom stereocenters. The molecule has 0 amide bonds. The molecule has 0 spiro atoms. The second-order valence-electron chi connectivity index (χ2n) is 3.66. The molecule has 0 saturated heterocycles. The van der Waals surface area contributed by atoms with E-state index in [0.29, 0.717) is 5.75 Å². The van der Waals surface area contributed by atoms with E-state index in [1.807, 2.05) is 36.4 Å². The lowest BCUT2D eigenvalue weighted by atomic mass is 10.0. The second-order valence-corrected chi connectivity index (χ2v) is 3.66. The summed E-state index contributed by atoms with van der Waals surface area (Å²) in [5.41, 5.74) is 0. The van der Waals surface area contributed by atoms with Crippen molar-refractivity contribution in [1.29, 1.82) is 0 Å². The number of benzene rings is 3. The molecule has 1 nitrogen and oxygen atoms in total. The molecule has 0 bridgehead atoms.